The average molecular weight is 302 g/mol. The molecule has 0 aliphatic rings. The second-order valence-corrected chi connectivity index (χ2v) is 4.49. The summed E-state index contributed by atoms with van der Waals surface area (Å²) in [5, 5.41) is 12.3. The van der Waals surface area contributed by atoms with Crippen LogP contribution in [0.4, 0.5) is 5.82 Å². The predicted molar refractivity (Wildman–Crippen MR) is 78.3 cm³/mol. The lowest BCUT2D eigenvalue weighted by Crippen LogP contribution is -2.36. The quantitative estimate of drug-likeness (QED) is 0.707. The van der Waals surface area contributed by atoms with E-state index in [9.17, 15) is 4.79 Å². The van der Waals surface area contributed by atoms with Crippen molar-refractivity contribution in [3.63, 3.8) is 0 Å². The summed E-state index contributed by atoms with van der Waals surface area (Å²) in [5.41, 5.74) is 0.436. The number of halogens is 1. The van der Waals surface area contributed by atoms with Crippen LogP contribution < -0.4 is 5.32 Å². The van der Waals surface area contributed by atoms with Gasteiger partial charge in [0.25, 0.3) is 5.91 Å². The number of nitrogens with one attached hydrogen (secondary N) is 1. The third kappa shape index (κ3) is 4.96. The fourth-order valence-electron chi connectivity index (χ4n) is 1.71. The Labute approximate surface area is 123 Å². The van der Waals surface area contributed by atoms with Gasteiger partial charge in [0.05, 0.1) is 13.2 Å². The molecule has 0 bridgehead atoms. The van der Waals surface area contributed by atoms with Crippen LogP contribution in [-0.2, 0) is 4.74 Å². The van der Waals surface area contributed by atoms with Gasteiger partial charge in [0.15, 0.2) is 0 Å². The number of anilines is 1. The van der Waals surface area contributed by atoms with Crippen LogP contribution in [0.15, 0.2) is 12.1 Å². The number of hydrogen-bond donors (Lipinski definition) is 2. The third-order valence-corrected chi connectivity index (χ3v) is 2.82. The first-order valence-electron chi connectivity index (χ1n) is 6.42. The zero-order chi connectivity index (χ0) is 15.0. The fourth-order valence-corrected chi connectivity index (χ4v) is 1.92. The number of aromatic nitrogens is 1. The lowest BCUT2D eigenvalue weighted by molar-refractivity contribution is 0.0656. The van der Waals surface area contributed by atoms with E-state index in [1.165, 1.54) is 11.0 Å². The van der Waals surface area contributed by atoms with Crippen molar-refractivity contribution in [2.45, 2.75) is 6.92 Å². The maximum atomic E-state index is 12.4. The van der Waals surface area contributed by atoms with Crippen molar-refractivity contribution in [2.75, 3.05) is 45.3 Å². The number of ether oxygens (including phenoxy) is 1. The molecule has 6 nitrogen and oxygen atoms in total. The summed E-state index contributed by atoms with van der Waals surface area (Å²) in [6, 6.07) is 3.16. The van der Waals surface area contributed by atoms with Gasteiger partial charge < -0.3 is 20.1 Å². The van der Waals surface area contributed by atoms with E-state index in [4.69, 9.17) is 21.4 Å². The number of amides is 1. The normalized spacial score (nSPS) is 10.4. The first-order valence-corrected chi connectivity index (χ1v) is 6.80. The molecule has 1 heterocycles. The largest absolute Gasteiger partial charge is 0.395 e. The van der Waals surface area contributed by atoms with Crippen LogP contribution in [0.25, 0.3) is 0 Å². The van der Waals surface area contributed by atoms with Crippen molar-refractivity contribution in [3.05, 3.63) is 22.8 Å². The summed E-state index contributed by atoms with van der Waals surface area (Å²) in [6.07, 6.45) is 0. The molecule has 0 saturated carbocycles. The van der Waals surface area contributed by atoms with Crippen LogP contribution in [0.5, 0.6) is 0 Å². The highest BCUT2D eigenvalue weighted by Crippen LogP contribution is 2.16. The molecule has 0 fully saturated rings. The van der Waals surface area contributed by atoms with Gasteiger partial charge in [-0.05, 0) is 19.1 Å². The number of carbonyl (C=O) groups excluding carboxylic acids is 1. The molecule has 0 radical (unpaired) electrons. The van der Waals surface area contributed by atoms with Gasteiger partial charge in [-0.15, -0.1) is 0 Å². The number of carbonyl (C=O) groups is 1. The third-order valence-electron chi connectivity index (χ3n) is 2.62. The smallest absolute Gasteiger partial charge is 0.254 e. The molecule has 0 aromatic carbocycles. The summed E-state index contributed by atoms with van der Waals surface area (Å²) in [4.78, 5) is 18.0. The zero-order valence-electron chi connectivity index (χ0n) is 11.7. The maximum Gasteiger partial charge on any atom is 0.254 e. The molecular formula is C13H20ClN3O3. The number of pyridine rings is 1. The molecule has 112 valence electrons. The van der Waals surface area contributed by atoms with E-state index in [1.807, 2.05) is 6.92 Å². The number of aliphatic hydroxyl groups is 1. The molecule has 0 saturated heterocycles. The van der Waals surface area contributed by atoms with Crippen molar-refractivity contribution < 1.29 is 14.6 Å². The first kappa shape index (κ1) is 16.7. The van der Waals surface area contributed by atoms with Gasteiger partial charge >= 0.3 is 0 Å². The van der Waals surface area contributed by atoms with E-state index >= 15 is 0 Å². The molecule has 1 aromatic heterocycles. The van der Waals surface area contributed by atoms with E-state index in [0.29, 0.717) is 31.1 Å². The molecule has 0 aliphatic carbocycles. The second-order valence-electron chi connectivity index (χ2n) is 4.10. The number of methoxy groups -OCH3 is 1. The van der Waals surface area contributed by atoms with E-state index in [-0.39, 0.29) is 24.2 Å². The number of hydrogen-bond acceptors (Lipinski definition) is 5. The van der Waals surface area contributed by atoms with Crippen LogP contribution in [-0.4, -0.2) is 60.9 Å². The lowest BCUT2D eigenvalue weighted by Gasteiger charge is -2.21. The van der Waals surface area contributed by atoms with Crippen LogP contribution in [0.1, 0.15) is 17.3 Å². The highest BCUT2D eigenvalue weighted by molar-refractivity contribution is 6.29. The molecule has 1 aromatic rings. The van der Waals surface area contributed by atoms with E-state index in [1.54, 1.807) is 13.2 Å². The van der Waals surface area contributed by atoms with Gasteiger partial charge in [-0.25, -0.2) is 4.98 Å². The summed E-state index contributed by atoms with van der Waals surface area (Å²) in [5.74, 6) is 0.346. The van der Waals surface area contributed by atoms with Crippen LogP contribution in [0, 0.1) is 0 Å². The minimum absolute atomic E-state index is 0.103. The Morgan fingerprint density at radius 3 is 2.85 bits per heavy atom. The Balaban J connectivity index is 2.91. The highest BCUT2D eigenvalue weighted by Gasteiger charge is 2.16. The molecule has 0 atom stereocenters. The Hall–Kier alpha value is -1.37. The monoisotopic (exact) mass is 301 g/mol. The zero-order valence-corrected chi connectivity index (χ0v) is 12.5. The lowest BCUT2D eigenvalue weighted by atomic mass is 10.2. The van der Waals surface area contributed by atoms with Crippen LogP contribution >= 0.6 is 11.6 Å². The van der Waals surface area contributed by atoms with Gasteiger partial charge in [-0.1, -0.05) is 11.6 Å². The molecule has 1 amide bonds. The van der Waals surface area contributed by atoms with Gasteiger partial charge in [0, 0.05) is 32.3 Å². The van der Waals surface area contributed by atoms with Crippen molar-refractivity contribution in [3.8, 4) is 0 Å². The van der Waals surface area contributed by atoms with Crippen molar-refractivity contribution in [2.24, 2.45) is 0 Å². The molecule has 20 heavy (non-hydrogen) atoms. The Kier molecular flexibility index (Phi) is 7.28. The Bertz CT molecular complexity index is 443. The second kappa shape index (κ2) is 8.73. The number of aliphatic hydroxyl groups excluding tert-OH is 1. The van der Waals surface area contributed by atoms with Crippen molar-refractivity contribution in [1.29, 1.82) is 0 Å². The molecule has 0 spiro atoms. The molecule has 0 aliphatic heterocycles. The summed E-state index contributed by atoms with van der Waals surface area (Å²) >= 11 is 5.92. The Morgan fingerprint density at radius 2 is 2.25 bits per heavy atom. The topological polar surface area (TPSA) is 74.7 Å². The number of nitrogens with zero attached hydrogens (tertiary/aromatic N) is 2. The highest BCUT2D eigenvalue weighted by atomic mass is 35.5. The predicted octanol–water partition coefficient (Wildman–Crippen LogP) is 1.25. The van der Waals surface area contributed by atoms with Crippen LogP contribution in [0.3, 0.4) is 0 Å². The van der Waals surface area contributed by atoms with Crippen molar-refractivity contribution in [1.82, 2.24) is 9.88 Å². The minimum atomic E-state index is -0.209. The first-order chi connectivity index (χ1) is 9.62. The van der Waals surface area contributed by atoms with Gasteiger partial charge in [-0.3, -0.25) is 4.79 Å². The van der Waals surface area contributed by atoms with Crippen LogP contribution in [0.2, 0.25) is 5.15 Å². The average Bonchev–Trinajstić information content (AvgIpc) is 2.42. The molecule has 0 unspecified atom stereocenters. The van der Waals surface area contributed by atoms with E-state index < -0.39 is 0 Å². The number of rotatable bonds is 8. The molecule has 7 heteroatoms. The summed E-state index contributed by atoms with van der Waals surface area (Å²) in [7, 11) is 1.56. The van der Waals surface area contributed by atoms with E-state index in [2.05, 4.69) is 10.3 Å². The van der Waals surface area contributed by atoms with Gasteiger partial charge in [0.2, 0.25) is 0 Å². The SMILES string of the molecule is CCNc1cc(C(=O)N(CCO)CCOC)cc(Cl)n1. The standard InChI is InChI=1S/C13H20ClN3O3/c1-3-15-12-9-10(8-11(14)16-12)13(19)17(4-6-18)5-7-20-2/h8-9,18H,3-7H2,1-2H3,(H,15,16). The maximum absolute atomic E-state index is 12.4. The van der Waals surface area contributed by atoms with Gasteiger partial charge in [-0.2, -0.15) is 0 Å². The minimum Gasteiger partial charge on any atom is -0.395 e. The van der Waals surface area contributed by atoms with Gasteiger partial charge in [0.1, 0.15) is 11.0 Å². The van der Waals surface area contributed by atoms with Crippen molar-refractivity contribution >= 4 is 23.3 Å². The fraction of sp³-hybridized carbons (Fsp3) is 0.538. The molecule has 2 N–H and O–H groups in total. The Morgan fingerprint density at radius 1 is 1.50 bits per heavy atom. The molecule has 1 rings (SSSR count). The summed E-state index contributed by atoms with van der Waals surface area (Å²) < 4.78 is 4.96. The summed E-state index contributed by atoms with van der Waals surface area (Å²) in [6.45, 7) is 3.58. The van der Waals surface area contributed by atoms with E-state index in [0.717, 1.165) is 0 Å². The molecular weight excluding hydrogens is 282 g/mol.